The smallest absolute Gasteiger partial charge is 0.341 e. The molecule has 9 nitrogen and oxygen atoms in total. The molecule has 2 amide bonds. The Bertz CT molecular complexity index is 1060. The van der Waals surface area contributed by atoms with Gasteiger partial charge in [-0.3, -0.25) is 9.59 Å². The lowest BCUT2D eigenvalue weighted by Gasteiger charge is -2.20. The maximum atomic E-state index is 12.6. The van der Waals surface area contributed by atoms with E-state index >= 15 is 0 Å². The molecular formula is C22H23ClIN3O6. The second-order valence-electron chi connectivity index (χ2n) is 7.16. The SMILES string of the molecule is COc1cc(/C=N/NC(=O)C(NC(=O)c2cccc(Cl)c2)C(C)C)cc(I)c1OCC(=O)O. The normalized spacial score (nSPS) is 11.8. The summed E-state index contributed by atoms with van der Waals surface area (Å²) in [6.07, 6.45) is 1.40. The summed E-state index contributed by atoms with van der Waals surface area (Å²) in [7, 11) is 1.43. The van der Waals surface area contributed by atoms with Crippen LogP contribution in [0.25, 0.3) is 0 Å². The molecule has 1 atom stereocenters. The second kappa shape index (κ2) is 12.4. The number of benzene rings is 2. The van der Waals surface area contributed by atoms with E-state index in [9.17, 15) is 14.4 Å². The molecule has 2 rings (SSSR count). The molecule has 0 spiro atoms. The Morgan fingerprint density at radius 2 is 1.97 bits per heavy atom. The Morgan fingerprint density at radius 3 is 2.58 bits per heavy atom. The zero-order valence-electron chi connectivity index (χ0n) is 18.1. The van der Waals surface area contributed by atoms with Gasteiger partial charge in [0.1, 0.15) is 6.04 Å². The number of carboxylic acids is 1. The van der Waals surface area contributed by atoms with Crippen LogP contribution in [0.15, 0.2) is 41.5 Å². The van der Waals surface area contributed by atoms with E-state index in [4.69, 9.17) is 26.2 Å². The molecule has 3 N–H and O–H groups in total. The molecule has 0 saturated heterocycles. The molecule has 2 aromatic carbocycles. The van der Waals surface area contributed by atoms with E-state index < -0.39 is 30.4 Å². The van der Waals surface area contributed by atoms with Crippen LogP contribution in [0.5, 0.6) is 11.5 Å². The Kier molecular flexibility index (Phi) is 9.92. The van der Waals surface area contributed by atoms with Gasteiger partial charge in [-0.1, -0.05) is 31.5 Å². The van der Waals surface area contributed by atoms with Crippen LogP contribution in [-0.4, -0.2) is 48.9 Å². The average Bonchev–Trinajstić information content (AvgIpc) is 2.75. The monoisotopic (exact) mass is 587 g/mol. The molecule has 0 bridgehead atoms. The number of nitrogens with zero attached hydrogens (tertiary/aromatic N) is 1. The van der Waals surface area contributed by atoms with E-state index in [1.54, 1.807) is 44.2 Å². The van der Waals surface area contributed by atoms with Gasteiger partial charge in [-0.2, -0.15) is 5.10 Å². The van der Waals surface area contributed by atoms with Gasteiger partial charge in [0.2, 0.25) is 0 Å². The quantitative estimate of drug-likeness (QED) is 0.222. The molecule has 0 fully saturated rings. The maximum absolute atomic E-state index is 12.6. The van der Waals surface area contributed by atoms with E-state index in [1.165, 1.54) is 19.4 Å². The lowest BCUT2D eigenvalue weighted by molar-refractivity contribution is -0.139. The molecule has 1 unspecified atom stereocenters. The van der Waals surface area contributed by atoms with Crippen LogP contribution in [0.1, 0.15) is 29.8 Å². The van der Waals surface area contributed by atoms with Crippen LogP contribution < -0.4 is 20.2 Å². The van der Waals surface area contributed by atoms with Crippen LogP contribution in [0.2, 0.25) is 5.02 Å². The van der Waals surface area contributed by atoms with Gasteiger partial charge in [-0.15, -0.1) is 0 Å². The molecule has 176 valence electrons. The number of amides is 2. The van der Waals surface area contributed by atoms with Crippen molar-refractivity contribution in [2.45, 2.75) is 19.9 Å². The maximum Gasteiger partial charge on any atom is 0.341 e. The minimum absolute atomic E-state index is 0.199. The van der Waals surface area contributed by atoms with E-state index in [1.807, 2.05) is 22.6 Å². The van der Waals surface area contributed by atoms with Crippen molar-refractivity contribution in [3.63, 3.8) is 0 Å². The zero-order valence-corrected chi connectivity index (χ0v) is 21.0. The van der Waals surface area contributed by atoms with Gasteiger partial charge in [0, 0.05) is 10.6 Å². The van der Waals surface area contributed by atoms with Gasteiger partial charge in [-0.05, 0) is 64.4 Å². The number of halogens is 2. The number of ether oxygens (including phenoxy) is 2. The van der Waals surface area contributed by atoms with Crippen molar-refractivity contribution in [2.75, 3.05) is 13.7 Å². The molecule has 0 aromatic heterocycles. The minimum atomic E-state index is -1.11. The number of carboxylic acid groups (broad SMARTS) is 1. The highest BCUT2D eigenvalue weighted by Crippen LogP contribution is 2.33. The largest absolute Gasteiger partial charge is 0.493 e. The molecule has 0 aliphatic rings. The van der Waals surface area contributed by atoms with Gasteiger partial charge < -0.3 is 19.9 Å². The number of rotatable bonds is 10. The molecule has 0 aliphatic heterocycles. The van der Waals surface area contributed by atoms with Crippen LogP contribution in [0.3, 0.4) is 0 Å². The highest BCUT2D eigenvalue weighted by atomic mass is 127. The predicted octanol–water partition coefficient (Wildman–Crippen LogP) is 3.32. The average molecular weight is 588 g/mol. The first-order valence-corrected chi connectivity index (χ1v) is 11.2. The summed E-state index contributed by atoms with van der Waals surface area (Å²) in [5.41, 5.74) is 3.36. The Labute approximate surface area is 209 Å². The van der Waals surface area contributed by atoms with Crippen molar-refractivity contribution < 1.29 is 29.0 Å². The Hall–Kier alpha value is -2.86. The third kappa shape index (κ3) is 7.90. The first kappa shape index (κ1) is 26.4. The van der Waals surface area contributed by atoms with Crippen LogP contribution in [0, 0.1) is 9.49 Å². The van der Waals surface area contributed by atoms with Crippen molar-refractivity contribution in [1.29, 1.82) is 0 Å². The van der Waals surface area contributed by atoms with Gasteiger partial charge in [0.15, 0.2) is 18.1 Å². The number of hydrogen-bond donors (Lipinski definition) is 3. The van der Waals surface area contributed by atoms with E-state index in [2.05, 4.69) is 15.8 Å². The van der Waals surface area contributed by atoms with Gasteiger partial charge in [0.25, 0.3) is 11.8 Å². The lowest BCUT2D eigenvalue weighted by atomic mass is 10.0. The van der Waals surface area contributed by atoms with E-state index in [-0.39, 0.29) is 5.92 Å². The van der Waals surface area contributed by atoms with Crippen LogP contribution >= 0.6 is 34.2 Å². The molecule has 33 heavy (non-hydrogen) atoms. The summed E-state index contributed by atoms with van der Waals surface area (Å²) in [5, 5.41) is 15.9. The molecule has 2 aromatic rings. The molecule has 0 aliphatic carbocycles. The number of carbonyl (C=O) groups excluding carboxylic acids is 2. The molecule has 0 saturated carbocycles. The van der Waals surface area contributed by atoms with Crippen molar-refractivity contribution in [2.24, 2.45) is 11.0 Å². The van der Waals surface area contributed by atoms with E-state index in [0.717, 1.165) is 0 Å². The van der Waals surface area contributed by atoms with E-state index in [0.29, 0.717) is 31.2 Å². The number of nitrogens with one attached hydrogen (secondary N) is 2. The molecular weight excluding hydrogens is 565 g/mol. The highest BCUT2D eigenvalue weighted by Gasteiger charge is 2.24. The summed E-state index contributed by atoms with van der Waals surface area (Å²) in [5.74, 6) is -1.60. The first-order chi connectivity index (χ1) is 15.6. The number of hydrogen-bond acceptors (Lipinski definition) is 6. The van der Waals surface area contributed by atoms with Crippen LogP contribution in [0.4, 0.5) is 0 Å². The molecule has 0 radical (unpaired) electrons. The molecule has 11 heteroatoms. The van der Waals surface area contributed by atoms with Gasteiger partial charge in [0.05, 0.1) is 16.9 Å². The summed E-state index contributed by atoms with van der Waals surface area (Å²) >= 11 is 7.91. The fraction of sp³-hybridized carbons (Fsp3) is 0.273. The molecule has 0 heterocycles. The fourth-order valence-corrected chi connectivity index (χ4v) is 3.69. The second-order valence-corrected chi connectivity index (χ2v) is 8.75. The number of carbonyl (C=O) groups is 3. The predicted molar refractivity (Wildman–Crippen MR) is 132 cm³/mol. The topological polar surface area (TPSA) is 126 Å². The van der Waals surface area contributed by atoms with Gasteiger partial charge in [-0.25, -0.2) is 10.2 Å². The standard InChI is InChI=1S/C22H23ClIN3O6/c1-12(2)19(26-21(30)14-5-4-6-15(23)9-14)22(31)27-25-10-13-7-16(24)20(17(8-13)32-3)33-11-18(28)29/h4-10,12,19H,11H2,1-3H3,(H,26,30)(H,27,31)(H,28,29)/b25-10+. The Balaban J connectivity index is 2.09. The minimum Gasteiger partial charge on any atom is -0.493 e. The van der Waals surface area contributed by atoms with Crippen molar-refractivity contribution in [1.82, 2.24) is 10.7 Å². The van der Waals surface area contributed by atoms with Gasteiger partial charge >= 0.3 is 5.97 Å². The zero-order chi connectivity index (χ0) is 24.5. The summed E-state index contributed by atoms with van der Waals surface area (Å²) in [6.45, 7) is 3.10. The van der Waals surface area contributed by atoms with Crippen molar-refractivity contribution in [3.05, 3.63) is 56.1 Å². The third-order valence-corrected chi connectivity index (χ3v) is 5.34. The van der Waals surface area contributed by atoms with Crippen molar-refractivity contribution in [3.8, 4) is 11.5 Å². The van der Waals surface area contributed by atoms with Crippen molar-refractivity contribution >= 4 is 58.2 Å². The summed E-state index contributed by atoms with van der Waals surface area (Å²) in [4.78, 5) is 35.9. The summed E-state index contributed by atoms with van der Waals surface area (Å²) in [6, 6.07) is 8.89. The number of aliphatic carboxylic acids is 1. The van der Waals surface area contributed by atoms with Crippen LogP contribution in [-0.2, 0) is 9.59 Å². The number of methoxy groups -OCH3 is 1. The number of hydrazone groups is 1. The third-order valence-electron chi connectivity index (χ3n) is 4.30. The Morgan fingerprint density at radius 1 is 1.24 bits per heavy atom. The highest BCUT2D eigenvalue weighted by molar-refractivity contribution is 14.1. The fourth-order valence-electron chi connectivity index (χ4n) is 2.72. The lowest BCUT2D eigenvalue weighted by Crippen LogP contribution is -2.48. The summed E-state index contributed by atoms with van der Waals surface area (Å²) < 4.78 is 11.1. The first-order valence-electron chi connectivity index (χ1n) is 9.73.